The number of nitrogens with one attached hydrogen (secondary N) is 1. The lowest BCUT2D eigenvalue weighted by molar-refractivity contribution is -0.138. The Bertz CT molecular complexity index is 216. The number of carboxylic acids is 1. The van der Waals surface area contributed by atoms with Crippen molar-refractivity contribution in [1.29, 1.82) is 0 Å². The fourth-order valence-electron chi connectivity index (χ4n) is 1.14. The van der Waals surface area contributed by atoms with E-state index in [1.54, 1.807) is 0 Å². The summed E-state index contributed by atoms with van der Waals surface area (Å²) in [6.45, 7) is 4.07. The van der Waals surface area contributed by atoms with Gasteiger partial charge in [0, 0.05) is 6.54 Å². The minimum absolute atomic E-state index is 0.0108. The van der Waals surface area contributed by atoms with Gasteiger partial charge in [-0.25, -0.2) is 0 Å². The van der Waals surface area contributed by atoms with Crippen LogP contribution in [-0.4, -0.2) is 82.3 Å². The minimum atomic E-state index is -0.867. The second-order valence-electron chi connectivity index (χ2n) is 3.75. The van der Waals surface area contributed by atoms with E-state index in [1.807, 2.05) is 0 Å². The van der Waals surface area contributed by atoms with Crippen LogP contribution in [0, 0.1) is 0 Å². The van der Waals surface area contributed by atoms with Gasteiger partial charge in [0.1, 0.15) is 0 Å². The van der Waals surface area contributed by atoms with Gasteiger partial charge < -0.3 is 29.2 Å². The molecule has 0 heterocycles. The number of aliphatic carboxylic acids is 1. The van der Waals surface area contributed by atoms with E-state index >= 15 is 0 Å². The lowest BCUT2D eigenvalue weighted by Gasteiger charge is -2.07. The van der Waals surface area contributed by atoms with Gasteiger partial charge in [0.25, 0.3) is 0 Å². The fourth-order valence-corrected chi connectivity index (χ4v) is 1.14. The van der Waals surface area contributed by atoms with Crippen molar-refractivity contribution in [3.05, 3.63) is 0 Å². The molecule has 0 aliphatic rings. The minimum Gasteiger partial charge on any atom is -0.481 e. The molecule has 0 saturated carbocycles. The zero-order chi connectivity index (χ0) is 14.9. The first-order valence-electron chi connectivity index (χ1n) is 6.61. The molecule has 0 rings (SSSR count). The smallest absolute Gasteiger partial charge is 0.305 e. The molecule has 0 fully saturated rings. The predicted octanol–water partition coefficient (Wildman–Crippen LogP) is -0.933. The average Bonchev–Trinajstić information content (AvgIpc) is 2.43. The lowest BCUT2D eigenvalue weighted by Crippen LogP contribution is -2.21. The van der Waals surface area contributed by atoms with Crippen LogP contribution < -0.4 is 5.32 Å². The molecule has 0 aliphatic heterocycles. The molecule has 0 spiro atoms. The summed E-state index contributed by atoms with van der Waals surface area (Å²) in [5, 5.41) is 19.5. The molecular weight excluding hydrogens is 270 g/mol. The highest BCUT2D eigenvalue weighted by Crippen LogP contribution is 1.85. The molecule has 120 valence electrons. The molecule has 0 aromatic rings. The Kier molecular flexibility index (Phi) is 15.7. The van der Waals surface area contributed by atoms with Crippen molar-refractivity contribution in [2.24, 2.45) is 0 Å². The van der Waals surface area contributed by atoms with Crippen LogP contribution in [0.5, 0.6) is 0 Å². The molecule has 0 bridgehead atoms. The summed E-state index contributed by atoms with van der Waals surface area (Å²) >= 11 is 0. The third-order valence-electron chi connectivity index (χ3n) is 2.11. The van der Waals surface area contributed by atoms with E-state index < -0.39 is 5.97 Å². The first-order valence-corrected chi connectivity index (χ1v) is 6.61. The van der Waals surface area contributed by atoms with Crippen LogP contribution in [0.25, 0.3) is 0 Å². The highest BCUT2D eigenvalue weighted by atomic mass is 16.6. The molecule has 20 heavy (non-hydrogen) atoms. The SMILES string of the molecule is O=C(O)CCOCCOCCOCCOCCNCO. The number of hydrogen-bond acceptors (Lipinski definition) is 7. The molecule has 8 heteroatoms. The van der Waals surface area contributed by atoms with Gasteiger partial charge in [-0.1, -0.05) is 0 Å². The maximum absolute atomic E-state index is 10.2. The van der Waals surface area contributed by atoms with E-state index in [0.717, 1.165) is 0 Å². The van der Waals surface area contributed by atoms with Gasteiger partial charge >= 0.3 is 5.97 Å². The summed E-state index contributed by atoms with van der Waals surface area (Å²) < 4.78 is 20.8. The third kappa shape index (κ3) is 17.2. The van der Waals surface area contributed by atoms with E-state index in [4.69, 9.17) is 29.2 Å². The third-order valence-corrected chi connectivity index (χ3v) is 2.11. The summed E-state index contributed by atoms with van der Waals surface area (Å²) in [5.41, 5.74) is 0. The van der Waals surface area contributed by atoms with Crippen LogP contribution in [0.4, 0.5) is 0 Å². The molecule has 8 nitrogen and oxygen atoms in total. The predicted molar refractivity (Wildman–Crippen MR) is 70.6 cm³/mol. The summed E-state index contributed by atoms with van der Waals surface area (Å²) in [7, 11) is 0. The largest absolute Gasteiger partial charge is 0.481 e. The Morgan fingerprint density at radius 2 is 1.25 bits per heavy atom. The van der Waals surface area contributed by atoms with Crippen LogP contribution in [0.1, 0.15) is 6.42 Å². The van der Waals surface area contributed by atoms with Crippen LogP contribution in [-0.2, 0) is 23.7 Å². The average molecular weight is 295 g/mol. The standard InChI is InChI=1S/C12H25NO7/c14-11-13-2-4-18-6-8-20-10-9-19-7-5-17-3-1-12(15)16/h13-14H,1-11H2,(H,15,16). The molecule has 0 saturated heterocycles. The fraction of sp³-hybridized carbons (Fsp3) is 0.917. The Labute approximate surface area is 119 Å². The maximum atomic E-state index is 10.2. The lowest BCUT2D eigenvalue weighted by atomic mass is 10.5. The van der Waals surface area contributed by atoms with Gasteiger partial charge in [0.15, 0.2) is 0 Å². The van der Waals surface area contributed by atoms with Crippen molar-refractivity contribution >= 4 is 5.97 Å². The van der Waals surface area contributed by atoms with Gasteiger partial charge in [-0.05, 0) is 0 Å². The molecule has 0 aliphatic carbocycles. The number of carboxylic acid groups (broad SMARTS) is 1. The number of rotatable bonds is 16. The van der Waals surface area contributed by atoms with Crippen molar-refractivity contribution in [3.63, 3.8) is 0 Å². The van der Waals surface area contributed by atoms with Crippen molar-refractivity contribution in [2.75, 3.05) is 66.1 Å². The molecule has 0 amide bonds. The number of aliphatic hydroxyl groups excluding tert-OH is 1. The number of ether oxygens (including phenoxy) is 4. The van der Waals surface area contributed by atoms with E-state index in [-0.39, 0.29) is 19.8 Å². The van der Waals surface area contributed by atoms with Crippen molar-refractivity contribution < 1.29 is 34.0 Å². The molecular formula is C12H25NO7. The van der Waals surface area contributed by atoms with Crippen LogP contribution in [0.3, 0.4) is 0 Å². The number of hydrogen-bond donors (Lipinski definition) is 3. The summed E-state index contributed by atoms with van der Waals surface area (Å²) in [4.78, 5) is 10.2. The van der Waals surface area contributed by atoms with Crippen LogP contribution >= 0.6 is 0 Å². The zero-order valence-electron chi connectivity index (χ0n) is 11.7. The molecule has 0 aromatic carbocycles. The molecule has 0 aromatic heterocycles. The van der Waals surface area contributed by atoms with Gasteiger partial charge in [-0.15, -0.1) is 0 Å². The van der Waals surface area contributed by atoms with E-state index in [0.29, 0.717) is 52.8 Å². The summed E-state index contributed by atoms with van der Waals surface area (Å²) in [5.74, 6) is -0.867. The Hall–Kier alpha value is -0.770. The number of aliphatic hydroxyl groups is 1. The monoisotopic (exact) mass is 295 g/mol. The molecule has 0 atom stereocenters. The van der Waals surface area contributed by atoms with E-state index in [9.17, 15) is 4.79 Å². The second-order valence-corrected chi connectivity index (χ2v) is 3.75. The van der Waals surface area contributed by atoms with E-state index in [2.05, 4.69) is 5.32 Å². The normalized spacial score (nSPS) is 10.8. The topological polar surface area (TPSA) is 106 Å². The van der Waals surface area contributed by atoms with Crippen LogP contribution in [0.15, 0.2) is 0 Å². The summed E-state index contributed by atoms with van der Waals surface area (Å²) in [6.07, 6.45) is 0.0108. The molecule has 0 unspecified atom stereocenters. The first-order chi connectivity index (χ1) is 9.77. The Morgan fingerprint density at radius 3 is 1.70 bits per heavy atom. The van der Waals surface area contributed by atoms with Gasteiger partial charge in [-0.3, -0.25) is 10.1 Å². The number of carbonyl (C=O) groups is 1. The highest BCUT2D eigenvalue weighted by Gasteiger charge is 1.96. The van der Waals surface area contributed by atoms with Crippen LogP contribution in [0.2, 0.25) is 0 Å². The maximum Gasteiger partial charge on any atom is 0.305 e. The van der Waals surface area contributed by atoms with Gasteiger partial charge in [0.05, 0.1) is 66.0 Å². The van der Waals surface area contributed by atoms with Gasteiger partial charge in [-0.2, -0.15) is 0 Å². The first kappa shape index (κ1) is 19.2. The van der Waals surface area contributed by atoms with E-state index in [1.165, 1.54) is 0 Å². The van der Waals surface area contributed by atoms with Crippen molar-refractivity contribution in [2.45, 2.75) is 6.42 Å². The highest BCUT2D eigenvalue weighted by molar-refractivity contribution is 5.66. The molecule has 3 N–H and O–H groups in total. The van der Waals surface area contributed by atoms with Crippen molar-refractivity contribution in [3.8, 4) is 0 Å². The van der Waals surface area contributed by atoms with Crippen molar-refractivity contribution in [1.82, 2.24) is 5.32 Å². The zero-order valence-corrected chi connectivity index (χ0v) is 11.7. The summed E-state index contributed by atoms with van der Waals surface area (Å²) in [6, 6.07) is 0. The Morgan fingerprint density at radius 1 is 0.800 bits per heavy atom. The quantitative estimate of drug-likeness (QED) is 0.248. The Balaban J connectivity index is 2.94. The van der Waals surface area contributed by atoms with Gasteiger partial charge in [0.2, 0.25) is 0 Å². The second kappa shape index (κ2) is 16.3. The molecule has 0 radical (unpaired) electrons.